The number of benzene rings is 1. The average Bonchev–Trinajstić information content (AvgIpc) is 2.35. The van der Waals surface area contributed by atoms with E-state index >= 15 is 0 Å². The van der Waals surface area contributed by atoms with E-state index in [1.165, 1.54) is 0 Å². The van der Waals surface area contributed by atoms with Crippen LogP contribution in [-0.4, -0.2) is 17.7 Å². The minimum absolute atomic E-state index is 0.506. The number of hydrogen-bond acceptors (Lipinski definition) is 2. The van der Waals surface area contributed by atoms with Crippen molar-refractivity contribution in [1.29, 1.82) is 0 Å². The van der Waals surface area contributed by atoms with Gasteiger partial charge in [0, 0.05) is 11.6 Å². The van der Waals surface area contributed by atoms with Gasteiger partial charge in [-0.25, -0.2) is 4.79 Å². The third kappa shape index (κ3) is 5.04. The van der Waals surface area contributed by atoms with Crippen molar-refractivity contribution in [2.75, 3.05) is 6.61 Å². The van der Waals surface area contributed by atoms with Gasteiger partial charge in [-0.3, -0.25) is 0 Å². The molecule has 0 aliphatic heterocycles. The van der Waals surface area contributed by atoms with Gasteiger partial charge >= 0.3 is 5.97 Å². The van der Waals surface area contributed by atoms with Crippen molar-refractivity contribution in [3.8, 4) is 5.75 Å². The molecule has 1 atom stereocenters. The quantitative estimate of drug-likeness (QED) is 0.750. The molecule has 0 saturated carbocycles. The Balaban J connectivity index is 2.67. The molecule has 0 amide bonds. The third-order valence-corrected chi connectivity index (χ3v) is 2.63. The highest BCUT2D eigenvalue weighted by molar-refractivity contribution is 5.85. The van der Waals surface area contributed by atoms with Gasteiger partial charge < -0.3 is 9.84 Å². The van der Waals surface area contributed by atoms with Crippen molar-refractivity contribution in [3.63, 3.8) is 0 Å². The predicted octanol–water partition coefficient (Wildman–Crippen LogP) is 3.60. The highest BCUT2D eigenvalue weighted by Crippen LogP contribution is 2.20. The van der Waals surface area contributed by atoms with E-state index in [1.807, 2.05) is 24.3 Å². The van der Waals surface area contributed by atoms with Gasteiger partial charge in [-0.05, 0) is 24.5 Å². The van der Waals surface area contributed by atoms with Gasteiger partial charge in [0.1, 0.15) is 5.75 Å². The van der Waals surface area contributed by atoms with E-state index < -0.39 is 5.97 Å². The first kappa shape index (κ1) is 14.3. The molecule has 0 aliphatic rings. The van der Waals surface area contributed by atoms with Crippen LogP contribution in [0.25, 0.3) is 6.08 Å². The molecular weight excluding hydrogens is 228 g/mol. The van der Waals surface area contributed by atoms with Gasteiger partial charge in [-0.15, -0.1) is 0 Å². The van der Waals surface area contributed by atoms with Crippen molar-refractivity contribution in [2.24, 2.45) is 5.92 Å². The fraction of sp³-hybridized carbons (Fsp3) is 0.400. The van der Waals surface area contributed by atoms with Crippen LogP contribution in [0.1, 0.15) is 32.3 Å². The number of ether oxygens (including phenoxy) is 1. The van der Waals surface area contributed by atoms with Crippen molar-refractivity contribution in [1.82, 2.24) is 0 Å². The smallest absolute Gasteiger partial charge is 0.328 e. The minimum Gasteiger partial charge on any atom is -0.493 e. The van der Waals surface area contributed by atoms with Gasteiger partial charge in [-0.1, -0.05) is 38.5 Å². The van der Waals surface area contributed by atoms with Gasteiger partial charge in [-0.2, -0.15) is 0 Å². The lowest BCUT2D eigenvalue weighted by atomic mass is 10.1. The molecule has 0 bridgehead atoms. The summed E-state index contributed by atoms with van der Waals surface area (Å²) in [6.07, 6.45) is 4.96. The van der Waals surface area contributed by atoms with Crippen molar-refractivity contribution >= 4 is 12.0 Å². The lowest BCUT2D eigenvalue weighted by molar-refractivity contribution is -0.131. The van der Waals surface area contributed by atoms with E-state index in [2.05, 4.69) is 13.8 Å². The van der Waals surface area contributed by atoms with Gasteiger partial charge in [0.15, 0.2) is 0 Å². The van der Waals surface area contributed by atoms with E-state index in [9.17, 15) is 4.79 Å². The molecule has 0 aliphatic carbocycles. The van der Waals surface area contributed by atoms with E-state index in [4.69, 9.17) is 9.84 Å². The zero-order chi connectivity index (χ0) is 13.4. The summed E-state index contributed by atoms with van der Waals surface area (Å²) in [6.45, 7) is 4.96. The number of aliphatic carboxylic acids is 1. The number of carboxylic acids is 1. The summed E-state index contributed by atoms with van der Waals surface area (Å²) in [5.41, 5.74) is 0.795. The molecule has 0 aromatic heterocycles. The number of carbonyl (C=O) groups is 1. The fourth-order valence-electron chi connectivity index (χ4n) is 1.72. The van der Waals surface area contributed by atoms with Crippen LogP contribution in [0, 0.1) is 5.92 Å². The van der Waals surface area contributed by atoms with Crippen LogP contribution in [0.15, 0.2) is 30.3 Å². The Kier molecular flexibility index (Phi) is 5.98. The maximum absolute atomic E-state index is 10.5. The lowest BCUT2D eigenvalue weighted by Gasteiger charge is -2.13. The standard InChI is InChI=1S/C15H20O3/c1-3-6-12(2)11-18-14-8-5-4-7-13(14)9-10-15(16)17/h4-5,7-10,12H,3,6,11H2,1-2H3,(H,16,17). The first-order valence-corrected chi connectivity index (χ1v) is 6.26. The molecule has 1 aromatic carbocycles. The number of rotatable bonds is 7. The minimum atomic E-state index is -0.954. The Morgan fingerprint density at radius 3 is 2.83 bits per heavy atom. The molecule has 0 radical (unpaired) electrons. The molecular formula is C15H20O3. The first-order valence-electron chi connectivity index (χ1n) is 6.26. The Morgan fingerprint density at radius 2 is 2.17 bits per heavy atom. The summed E-state index contributed by atoms with van der Waals surface area (Å²) in [7, 11) is 0. The Labute approximate surface area is 108 Å². The van der Waals surface area contributed by atoms with E-state index in [0.29, 0.717) is 12.5 Å². The molecule has 18 heavy (non-hydrogen) atoms. The van der Waals surface area contributed by atoms with Crippen LogP contribution >= 0.6 is 0 Å². The molecule has 0 fully saturated rings. The largest absolute Gasteiger partial charge is 0.493 e. The summed E-state index contributed by atoms with van der Waals surface area (Å²) in [5.74, 6) is 0.286. The third-order valence-electron chi connectivity index (χ3n) is 2.63. The second-order valence-electron chi connectivity index (χ2n) is 4.41. The molecule has 1 unspecified atom stereocenters. The maximum Gasteiger partial charge on any atom is 0.328 e. The number of carboxylic acid groups (broad SMARTS) is 1. The fourth-order valence-corrected chi connectivity index (χ4v) is 1.72. The van der Waals surface area contributed by atoms with Crippen molar-refractivity contribution in [3.05, 3.63) is 35.9 Å². The zero-order valence-electron chi connectivity index (χ0n) is 10.9. The van der Waals surface area contributed by atoms with Crippen LogP contribution in [-0.2, 0) is 4.79 Å². The zero-order valence-corrected chi connectivity index (χ0v) is 10.9. The molecule has 0 saturated heterocycles. The maximum atomic E-state index is 10.5. The molecule has 98 valence electrons. The molecule has 1 N–H and O–H groups in total. The highest BCUT2D eigenvalue weighted by atomic mass is 16.5. The topological polar surface area (TPSA) is 46.5 Å². The van der Waals surface area contributed by atoms with E-state index in [1.54, 1.807) is 6.08 Å². The summed E-state index contributed by atoms with van der Waals surface area (Å²) in [6, 6.07) is 7.46. The SMILES string of the molecule is CCCC(C)COc1ccccc1C=CC(=O)O. The molecule has 1 rings (SSSR count). The van der Waals surface area contributed by atoms with Crippen LogP contribution in [0.3, 0.4) is 0 Å². The van der Waals surface area contributed by atoms with Crippen molar-refractivity contribution < 1.29 is 14.6 Å². The average molecular weight is 248 g/mol. The summed E-state index contributed by atoms with van der Waals surface area (Å²) < 4.78 is 5.74. The molecule has 3 heteroatoms. The molecule has 1 aromatic rings. The second kappa shape index (κ2) is 7.54. The Bertz CT molecular complexity index is 410. The lowest BCUT2D eigenvalue weighted by Crippen LogP contribution is -2.08. The molecule has 3 nitrogen and oxygen atoms in total. The molecule has 0 heterocycles. The van der Waals surface area contributed by atoms with Gasteiger partial charge in [0.05, 0.1) is 6.61 Å². The van der Waals surface area contributed by atoms with Gasteiger partial charge in [0.2, 0.25) is 0 Å². The van der Waals surface area contributed by atoms with Crippen LogP contribution in [0.5, 0.6) is 5.75 Å². The summed E-state index contributed by atoms with van der Waals surface area (Å²) >= 11 is 0. The first-order chi connectivity index (χ1) is 8.63. The number of para-hydroxylation sites is 1. The van der Waals surface area contributed by atoms with Crippen LogP contribution in [0.4, 0.5) is 0 Å². The van der Waals surface area contributed by atoms with E-state index in [0.717, 1.165) is 30.2 Å². The molecule has 0 spiro atoms. The van der Waals surface area contributed by atoms with Crippen LogP contribution in [0.2, 0.25) is 0 Å². The normalized spacial score (nSPS) is 12.6. The number of hydrogen-bond donors (Lipinski definition) is 1. The summed E-state index contributed by atoms with van der Waals surface area (Å²) in [4.78, 5) is 10.5. The summed E-state index contributed by atoms with van der Waals surface area (Å²) in [5, 5.41) is 8.63. The van der Waals surface area contributed by atoms with Gasteiger partial charge in [0.25, 0.3) is 0 Å². The monoisotopic (exact) mass is 248 g/mol. The van der Waals surface area contributed by atoms with Crippen molar-refractivity contribution in [2.45, 2.75) is 26.7 Å². The van der Waals surface area contributed by atoms with Crippen LogP contribution < -0.4 is 4.74 Å². The highest BCUT2D eigenvalue weighted by Gasteiger charge is 2.04. The van der Waals surface area contributed by atoms with E-state index in [-0.39, 0.29) is 0 Å². The Morgan fingerprint density at radius 1 is 1.44 bits per heavy atom. The Hall–Kier alpha value is -1.77. The second-order valence-corrected chi connectivity index (χ2v) is 4.41. The predicted molar refractivity (Wildman–Crippen MR) is 72.7 cm³/mol.